The molecule has 0 saturated heterocycles. The Hall–Kier alpha value is -2.55. The summed E-state index contributed by atoms with van der Waals surface area (Å²) in [5.74, 6) is -0.175. The minimum atomic E-state index is -0.280. The molecule has 9 heteroatoms. The molecular formula is C18H18ClN3O5. The number of carbonyl (C=O) groups is 2. The van der Waals surface area contributed by atoms with E-state index >= 15 is 0 Å². The fourth-order valence-corrected chi connectivity index (χ4v) is 2.66. The van der Waals surface area contributed by atoms with Crippen LogP contribution in [0.5, 0.6) is 5.88 Å². The Morgan fingerprint density at radius 3 is 2.19 bits per heavy atom. The van der Waals surface area contributed by atoms with Crippen LogP contribution < -0.4 is 4.74 Å². The van der Waals surface area contributed by atoms with Gasteiger partial charge in [0, 0.05) is 6.07 Å². The highest BCUT2D eigenvalue weighted by Crippen LogP contribution is 2.21. The Kier molecular flexibility index (Phi) is 6.69. The van der Waals surface area contributed by atoms with E-state index in [2.05, 4.69) is 9.97 Å². The lowest BCUT2D eigenvalue weighted by Gasteiger charge is -2.13. The van der Waals surface area contributed by atoms with Gasteiger partial charge in [-0.25, -0.2) is 9.97 Å². The topological polar surface area (TPSA) is 90.9 Å². The highest BCUT2D eigenvalue weighted by molar-refractivity contribution is 6.29. The largest absolute Gasteiger partial charge is 0.475 e. The maximum absolute atomic E-state index is 12.2. The highest BCUT2D eigenvalue weighted by Gasteiger charge is 2.34. The third-order valence-corrected chi connectivity index (χ3v) is 4.00. The zero-order chi connectivity index (χ0) is 19.1. The van der Waals surface area contributed by atoms with Gasteiger partial charge in [-0.05, 0) is 12.1 Å². The highest BCUT2D eigenvalue weighted by atomic mass is 35.5. The summed E-state index contributed by atoms with van der Waals surface area (Å²) >= 11 is 5.72. The van der Waals surface area contributed by atoms with E-state index in [1.807, 2.05) is 0 Å². The molecule has 8 nitrogen and oxygen atoms in total. The van der Waals surface area contributed by atoms with Crippen LogP contribution in [0.25, 0.3) is 0 Å². The standard InChI is InChI=1S/C18H18ClN3O5/c19-15-11-16(21-12-20-15)27-10-9-26-8-7-25-6-5-22-17(23)13-3-1-2-4-14(13)18(22)24/h1-4,11-12H,5-10H2. The molecule has 2 amide bonds. The van der Waals surface area contributed by atoms with Crippen molar-refractivity contribution in [2.45, 2.75) is 0 Å². The van der Waals surface area contributed by atoms with E-state index in [0.717, 1.165) is 0 Å². The molecule has 1 aliphatic heterocycles. The van der Waals surface area contributed by atoms with Crippen LogP contribution in [0.15, 0.2) is 36.7 Å². The van der Waals surface area contributed by atoms with E-state index in [-0.39, 0.29) is 25.0 Å². The molecule has 0 saturated carbocycles. The number of aromatic nitrogens is 2. The van der Waals surface area contributed by atoms with Gasteiger partial charge in [0.05, 0.1) is 44.1 Å². The molecule has 0 radical (unpaired) electrons. The predicted octanol–water partition coefficient (Wildman–Crippen LogP) is 1.84. The van der Waals surface area contributed by atoms with Gasteiger partial charge in [-0.15, -0.1) is 0 Å². The van der Waals surface area contributed by atoms with Crippen LogP contribution in [0.1, 0.15) is 20.7 Å². The van der Waals surface area contributed by atoms with Gasteiger partial charge in [-0.2, -0.15) is 0 Å². The third kappa shape index (κ3) is 5.00. The molecule has 3 rings (SSSR count). The van der Waals surface area contributed by atoms with E-state index < -0.39 is 0 Å². The average molecular weight is 392 g/mol. The Morgan fingerprint density at radius 1 is 0.889 bits per heavy atom. The second kappa shape index (κ2) is 9.40. The summed E-state index contributed by atoms with van der Waals surface area (Å²) in [6, 6.07) is 8.31. The summed E-state index contributed by atoms with van der Waals surface area (Å²) in [5.41, 5.74) is 0.881. The Bertz CT molecular complexity index is 782. The number of fused-ring (bicyclic) bond motifs is 1. The molecule has 0 atom stereocenters. The first kappa shape index (κ1) is 19.2. The van der Waals surface area contributed by atoms with Crippen molar-refractivity contribution >= 4 is 23.4 Å². The van der Waals surface area contributed by atoms with Crippen molar-refractivity contribution in [2.75, 3.05) is 39.6 Å². The SMILES string of the molecule is O=C1c2ccccc2C(=O)N1CCOCCOCCOc1cc(Cl)ncn1. The Labute approximate surface area is 161 Å². The number of ether oxygens (including phenoxy) is 3. The molecule has 1 aromatic heterocycles. The molecule has 142 valence electrons. The van der Waals surface area contributed by atoms with Crippen molar-refractivity contribution in [2.24, 2.45) is 0 Å². The monoisotopic (exact) mass is 391 g/mol. The maximum atomic E-state index is 12.2. The van der Waals surface area contributed by atoms with Gasteiger partial charge >= 0.3 is 0 Å². The summed E-state index contributed by atoms with van der Waals surface area (Å²) in [6.07, 6.45) is 1.32. The van der Waals surface area contributed by atoms with E-state index in [4.69, 9.17) is 25.8 Å². The number of rotatable bonds is 10. The quantitative estimate of drug-likeness (QED) is 0.346. The normalized spacial score (nSPS) is 13.1. The Balaban J connectivity index is 1.25. The van der Waals surface area contributed by atoms with Gasteiger partial charge in [-0.3, -0.25) is 14.5 Å². The molecule has 0 aliphatic carbocycles. The van der Waals surface area contributed by atoms with E-state index in [1.54, 1.807) is 24.3 Å². The molecule has 2 aromatic rings. The smallest absolute Gasteiger partial charge is 0.261 e. The number of hydrogen-bond acceptors (Lipinski definition) is 7. The predicted molar refractivity (Wildman–Crippen MR) is 96.0 cm³/mol. The van der Waals surface area contributed by atoms with Gasteiger partial charge < -0.3 is 14.2 Å². The number of imide groups is 1. The van der Waals surface area contributed by atoms with Crippen LogP contribution >= 0.6 is 11.6 Å². The number of halogens is 1. The molecule has 1 aliphatic rings. The van der Waals surface area contributed by atoms with Crippen LogP contribution in [0, 0.1) is 0 Å². The summed E-state index contributed by atoms with van der Waals surface area (Å²) in [6.45, 7) is 1.87. The first-order valence-corrected chi connectivity index (χ1v) is 8.75. The summed E-state index contributed by atoms with van der Waals surface area (Å²) < 4.78 is 16.2. The lowest BCUT2D eigenvalue weighted by atomic mass is 10.1. The molecule has 0 bridgehead atoms. The summed E-state index contributed by atoms with van der Waals surface area (Å²) in [4.78, 5) is 33.2. The van der Waals surface area contributed by atoms with Crippen LogP contribution in [-0.2, 0) is 9.47 Å². The van der Waals surface area contributed by atoms with E-state index in [1.165, 1.54) is 17.3 Å². The molecule has 2 heterocycles. The second-order valence-corrected chi connectivity index (χ2v) is 5.95. The van der Waals surface area contributed by atoms with Gasteiger partial charge in [0.15, 0.2) is 0 Å². The fourth-order valence-electron chi connectivity index (χ4n) is 2.52. The number of nitrogens with zero attached hydrogens (tertiary/aromatic N) is 3. The van der Waals surface area contributed by atoms with Gasteiger partial charge in [0.25, 0.3) is 11.8 Å². The lowest BCUT2D eigenvalue weighted by Crippen LogP contribution is -2.33. The molecule has 1 aromatic carbocycles. The number of benzene rings is 1. The van der Waals surface area contributed by atoms with Crippen molar-refractivity contribution in [3.05, 3.63) is 52.9 Å². The number of hydrogen-bond donors (Lipinski definition) is 0. The first-order chi connectivity index (χ1) is 13.2. The summed E-state index contributed by atoms with van der Waals surface area (Å²) in [7, 11) is 0. The maximum Gasteiger partial charge on any atom is 0.261 e. The lowest BCUT2D eigenvalue weighted by molar-refractivity contribution is 0.0278. The molecule has 0 unspecified atom stereocenters. The van der Waals surface area contributed by atoms with Crippen molar-refractivity contribution in [3.63, 3.8) is 0 Å². The first-order valence-electron chi connectivity index (χ1n) is 8.38. The molecule has 0 spiro atoms. The molecule has 27 heavy (non-hydrogen) atoms. The molecule has 0 N–H and O–H groups in total. The van der Waals surface area contributed by atoms with Crippen LogP contribution in [-0.4, -0.2) is 66.3 Å². The minimum absolute atomic E-state index is 0.212. The van der Waals surface area contributed by atoms with E-state index in [9.17, 15) is 9.59 Å². The molecular weight excluding hydrogens is 374 g/mol. The summed E-state index contributed by atoms with van der Waals surface area (Å²) in [5, 5.41) is 0.312. The van der Waals surface area contributed by atoms with Crippen LogP contribution in [0.2, 0.25) is 5.15 Å². The average Bonchev–Trinajstić information content (AvgIpc) is 2.92. The minimum Gasteiger partial charge on any atom is -0.475 e. The fraction of sp³-hybridized carbons (Fsp3) is 0.333. The van der Waals surface area contributed by atoms with E-state index in [0.29, 0.717) is 48.6 Å². The third-order valence-electron chi connectivity index (χ3n) is 3.80. The van der Waals surface area contributed by atoms with Crippen LogP contribution in [0.3, 0.4) is 0 Å². The van der Waals surface area contributed by atoms with Gasteiger partial charge in [-0.1, -0.05) is 23.7 Å². The zero-order valence-corrected chi connectivity index (χ0v) is 15.2. The Morgan fingerprint density at radius 2 is 1.52 bits per heavy atom. The zero-order valence-electron chi connectivity index (χ0n) is 14.5. The number of amides is 2. The van der Waals surface area contributed by atoms with Crippen molar-refractivity contribution in [1.29, 1.82) is 0 Å². The second-order valence-electron chi connectivity index (χ2n) is 5.56. The van der Waals surface area contributed by atoms with Crippen molar-refractivity contribution in [1.82, 2.24) is 14.9 Å². The van der Waals surface area contributed by atoms with Crippen molar-refractivity contribution in [3.8, 4) is 5.88 Å². The molecule has 0 fully saturated rings. The number of carbonyl (C=O) groups excluding carboxylic acids is 2. The van der Waals surface area contributed by atoms with Gasteiger partial charge in [0.2, 0.25) is 5.88 Å². The van der Waals surface area contributed by atoms with Crippen molar-refractivity contribution < 1.29 is 23.8 Å². The van der Waals surface area contributed by atoms with Gasteiger partial charge in [0.1, 0.15) is 18.1 Å². The van der Waals surface area contributed by atoms with Crippen LogP contribution in [0.4, 0.5) is 0 Å².